The Balaban J connectivity index is 1.46. The standard InChI is InChI=1S/C24H30N4O2/c1-3-11-24(2)12-5-4-6-19(14-24)30-23-10-9-21(27-28-23)20-8-7-17(13-22(20)29)18-15-25-26-16-18/h7-10,13,15-16,19,29H,3-6,11-12,14H2,1-2H3,(H,25,26)/t19-,24+/m0/s1. The highest BCUT2D eigenvalue weighted by Crippen LogP contribution is 2.39. The number of rotatable bonds is 6. The van der Waals surface area contributed by atoms with E-state index in [2.05, 4.69) is 34.2 Å². The number of phenols is 1. The number of aromatic nitrogens is 4. The zero-order chi connectivity index (χ0) is 21.0. The summed E-state index contributed by atoms with van der Waals surface area (Å²) in [6.07, 6.45) is 12.0. The van der Waals surface area contributed by atoms with Gasteiger partial charge in [-0.05, 0) is 61.3 Å². The number of hydrogen-bond acceptors (Lipinski definition) is 5. The Hall–Kier alpha value is -2.89. The molecule has 2 atom stereocenters. The minimum Gasteiger partial charge on any atom is -0.507 e. The van der Waals surface area contributed by atoms with Crippen molar-refractivity contribution in [3.63, 3.8) is 0 Å². The van der Waals surface area contributed by atoms with Gasteiger partial charge in [-0.25, -0.2) is 0 Å². The number of hydrogen-bond donors (Lipinski definition) is 2. The quantitative estimate of drug-likeness (QED) is 0.509. The number of benzene rings is 1. The molecule has 30 heavy (non-hydrogen) atoms. The molecule has 3 aromatic rings. The summed E-state index contributed by atoms with van der Waals surface area (Å²) in [6, 6.07) is 9.22. The lowest BCUT2D eigenvalue weighted by Crippen LogP contribution is -2.25. The third kappa shape index (κ3) is 4.64. The van der Waals surface area contributed by atoms with Crippen LogP contribution >= 0.6 is 0 Å². The molecule has 2 aromatic heterocycles. The van der Waals surface area contributed by atoms with Crippen LogP contribution in [0.3, 0.4) is 0 Å². The summed E-state index contributed by atoms with van der Waals surface area (Å²) in [5.41, 5.74) is 3.43. The predicted octanol–water partition coefficient (Wildman–Crippen LogP) is 5.76. The Morgan fingerprint density at radius 1 is 1.17 bits per heavy atom. The molecular formula is C24H30N4O2. The van der Waals surface area contributed by atoms with E-state index < -0.39 is 0 Å². The maximum Gasteiger partial charge on any atom is 0.233 e. The fraction of sp³-hybridized carbons (Fsp3) is 0.458. The van der Waals surface area contributed by atoms with E-state index in [1.165, 1.54) is 32.1 Å². The van der Waals surface area contributed by atoms with Gasteiger partial charge in [-0.3, -0.25) is 5.10 Å². The van der Waals surface area contributed by atoms with Crippen molar-refractivity contribution in [2.45, 2.75) is 64.9 Å². The second kappa shape index (κ2) is 8.86. The summed E-state index contributed by atoms with van der Waals surface area (Å²) in [6.45, 7) is 4.65. The average molecular weight is 407 g/mol. The van der Waals surface area contributed by atoms with Gasteiger partial charge >= 0.3 is 0 Å². The van der Waals surface area contributed by atoms with E-state index in [0.29, 0.717) is 22.6 Å². The first-order valence-electron chi connectivity index (χ1n) is 10.9. The van der Waals surface area contributed by atoms with E-state index in [0.717, 1.165) is 24.0 Å². The molecule has 2 N–H and O–H groups in total. The molecule has 0 amide bonds. The van der Waals surface area contributed by atoms with Crippen LogP contribution in [0.25, 0.3) is 22.4 Å². The molecule has 0 bridgehead atoms. The van der Waals surface area contributed by atoms with Crippen LogP contribution < -0.4 is 4.74 Å². The lowest BCUT2D eigenvalue weighted by Gasteiger charge is -2.30. The van der Waals surface area contributed by atoms with Crippen LogP contribution in [-0.2, 0) is 0 Å². The van der Waals surface area contributed by atoms with Gasteiger partial charge in [0.2, 0.25) is 5.88 Å². The molecule has 1 saturated carbocycles. The van der Waals surface area contributed by atoms with Crippen LogP contribution in [-0.4, -0.2) is 31.6 Å². The summed E-state index contributed by atoms with van der Waals surface area (Å²) in [4.78, 5) is 0. The zero-order valence-electron chi connectivity index (χ0n) is 17.8. The summed E-state index contributed by atoms with van der Waals surface area (Å²) < 4.78 is 6.22. The number of H-pyrrole nitrogens is 1. The van der Waals surface area contributed by atoms with Crippen molar-refractivity contribution in [2.75, 3.05) is 0 Å². The fourth-order valence-corrected chi connectivity index (χ4v) is 4.64. The molecule has 158 valence electrons. The minimum absolute atomic E-state index is 0.163. The maximum atomic E-state index is 10.5. The smallest absolute Gasteiger partial charge is 0.233 e. The Morgan fingerprint density at radius 3 is 2.77 bits per heavy atom. The van der Waals surface area contributed by atoms with Gasteiger partial charge in [0.25, 0.3) is 0 Å². The van der Waals surface area contributed by atoms with Gasteiger partial charge in [0.05, 0.1) is 11.9 Å². The van der Waals surface area contributed by atoms with Gasteiger partial charge in [0.1, 0.15) is 11.9 Å². The van der Waals surface area contributed by atoms with Crippen LogP contribution in [0.15, 0.2) is 42.7 Å². The van der Waals surface area contributed by atoms with Gasteiger partial charge in [-0.2, -0.15) is 5.10 Å². The highest BCUT2D eigenvalue weighted by molar-refractivity contribution is 5.73. The van der Waals surface area contributed by atoms with Crippen LogP contribution in [0.1, 0.15) is 58.8 Å². The van der Waals surface area contributed by atoms with E-state index in [1.54, 1.807) is 18.5 Å². The topological polar surface area (TPSA) is 83.9 Å². The van der Waals surface area contributed by atoms with Crippen LogP contribution in [0.4, 0.5) is 0 Å². The molecule has 4 rings (SSSR count). The first-order valence-corrected chi connectivity index (χ1v) is 10.9. The number of aromatic hydroxyl groups is 1. The van der Waals surface area contributed by atoms with Crippen molar-refractivity contribution in [1.29, 1.82) is 0 Å². The van der Waals surface area contributed by atoms with Gasteiger partial charge < -0.3 is 9.84 Å². The van der Waals surface area contributed by atoms with Gasteiger partial charge in [-0.15, -0.1) is 10.2 Å². The highest BCUT2D eigenvalue weighted by atomic mass is 16.5. The number of aromatic amines is 1. The summed E-state index contributed by atoms with van der Waals surface area (Å²) >= 11 is 0. The lowest BCUT2D eigenvalue weighted by molar-refractivity contribution is 0.118. The Labute approximate surface area is 177 Å². The van der Waals surface area contributed by atoms with E-state index in [9.17, 15) is 5.11 Å². The van der Waals surface area contributed by atoms with E-state index in [-0.39, 0.29) is 11.9 Å². The molecule has 0 radical (unpaired) electrons. The van der Waals surface area contributed by atoms with E-state index >= 15 is 0 Å². The Bertz CT molecular complexity index is 956. The Morgan fingerprint density at radius 2 is 2.07 bits per heavy atom. The largest absolute Gasteiger partial charge is 0.507 e. The predicted molar refractivity (Wildman–Crippen MR) is 117 cm³/mol. The van der Waals surface area contributed by atoms with Crippen molar-refractivity contribution in [3.05, 3.63) is 42.7 Å². The summed E-state index contributed by atoms with van der Waals surface area (Å²) in [5, 5.41) is 25.8. The average Bonchev–Trinajstić information content (AvgIpc) is 3.21. The number of nitrogens with zero attached hydrogens (tertiary/aromatic N) is 3. The molecular weight excluding hydrogens is 376 g/mol. The van der Waals surface area contributed by atoms with E-state index in [4.69, 9.17) is 4.74 Å². The second-order valence-electron chi connectivity index (χ2n) is 8.73. The first-order chi connectivity index (χ1) is 14.6. The van der Waals surface area contributed by atoms with Crippen molar-refractivity contribution in [2.24, 2.45) is 5.41 Å². The first kappa shape index (κ1) is 20.4. The summed E-state index contributed by atoms with van der Waals surface area (Å²) in [5.74, 6) is 0.717. The van der Waals surface area contributed by atoms with Crippen LogP contribution in [0, 0.1) is 5.41 Å². The highest BCUT2D eigenvalue weighted by Gasteiger charge is 2.31. The van der Waals surface area contributed by atoms with Crippen molar-refractivity contribution >= 4 is 0 Å². The summed E-state index contributed by atoms with van der Waals surface area (Å²) in [7, 11) is 0. The van der Waals surface area contributed by atoms with Crippen molar-refractivity contribution in [1.82, 2.24) is 20.4 Å². The molecule has 1 fully saturated rings. The molecule has 0 unspecified atom stereocenters. The molecule has 0 saturated heterocycles. The molecule has 6 nitrogen and oxygen atoms in total. The second-order valence-corrected chi connectivity index (χ2v) is 8.73. The fourth-order valence-electron chi connectivity index (χ4n) is 4.64. The van der Waals surface area contributed by atoms with Crippen LogP contribution in [0.2, 0.25) is 0 Å². The molecule has 2 heterocycles. The third-order valence-electron chi connectivity index (χ3n) is 6.16. The van der Waals surface area contributed by atoms with Gasteiger partial charge in [0.15, 0.2) is 0 Å². The van der Waals surface area contributed by atoms with Crippen molar-refractivity contribution in [3.8, 4) is 34.0 Å². The Kier molecular flexibility index (Phi) is 6.02. The number of ether oxygens (including phenoxy) is 1. The van der Waals surface area contributed by atoms with Gasteiger partial charge in [0, 0.05) is 23.4 Å². The maximum absolute atomic E-state index is 10.5. The molecule has 6 heteroatoms. The SMILES string of the molecule is CCC[C@]1(C)CCCC[C@H](Oc2ccc(-c3ccc(-c4cn[nH]c4)cc3O)nn2)C1. The normalized spacial score (nSPS) is 21.9. The number of phenolic OH excluding ortho intramolecular Hbond substituents is 1. The molecule has 1 aliphatic carbocycles. The monoisotopic (exact) mass is 406 g/mol. The number of nitrogens with one attached hydrogen (secondary N) is 1. The third-order valence-corrected chi connectivity index (χ3v) is 6.16. The minimum atomic E-state index is 0.163. The molecule has 1 aromatic carbocycles. The molecule has 1 aliphatic rings. The van der Waals surface area contributed by atoms with Crippen molar-refractivity contribution < 1.29 is 9.84 Å². The lowest BCUT2D eigenvalue weighted by atomic mass is 9.78. The zero-order valence-corrected chi connectivity index (χ0v) is 17.8. The van der Waals surface area contributed by atoms with E-state index in [1.807, 2.05) is 24.3 Å². The van der Waals surface area contributed by atoms with Crippen LogP contribution in [0.5, 0.6) is 11.6 Å². The van der Waals surface area contributed by atoms with Gasteiger partial charge in [-0.1, -0.05) is 32.8 Å². The molecule has 0 aliphatic heterocycles. The molecule has 0 spiro atoms.